The third-order valence-electron chi connectivity index (χ3n) is 3.36. The first-order valence-electron chi connectivity index (χ1n) is 6.16. The summed E-state index contributed by atoms with van der Waals surface area (Å²) in [5.41, 5.74) is 0.120. The van der Waals surface area contributed by atoms with E-state index >= 15 is 0 Å². The van der Waals surface area contributed by atoms with Gasteiger partial charge in [-0.2, -0.15) is 0 Å². The van der Waals surface area contributed by atoms with Crippen LogP contribution in [0.2, 0.25) is 0 Å². The van der Waals surface area contributed by atoms with Gasteiger partial charge in [0.05, 0.1) is 0 Å². The number of aromatic carboxylic acids is 1. The topological polar surface area (TPSA) is 53.4 Å². The van der Waals surface area contributed by atoms with Gasteiger partial charge in [-0.25, -0.2) is 9.78 Å². The van der Waals surface area contributed by atoms with Crippen LogP contribution < -0.4 is 4.90 Å². The van der Waals surface area contributed by atoms with E-state index in [-0.39, 0.29) is 5.69 Å². The highest BCUT2D eigenvalue weighted by atomic mass is 16.4. The average Bonchev–Trinajstić information content (AvgIpc) is 2.28. The van der Waals surface area contributed by atoms with Crippen molar-refractivity contribution in [3.05, 3.63) is 23.9 Å². The lowest BCUT2D eigenvalue weighted by Crippen LogP contribution is -2.33. The van der Waals surface area contributed by atoms with E-state index in [1.807, 2.05) is 6.07 Å². The van der Waals surface area contributed by atoms with Crippen LogP contribution in [0.5, 0.6) is 0 Å². The molecule has 1 heterocycles. The normalized spacial score (nSPS) is 15.4. The molecule has 0 unspecified atom stereocenters. The average molecular weight is 234 g/mol. The molecular weight excluding hydrogens is 216 g/mol. The monoisotopic (exact) mass is 234 g/mol. The quantitative estimate of drug-likeness (QED) is 0.850. The van der Waals surface area contributed by atoms with E-state index in [1.54, 1.807) is 6.07 Å². The lowest BCUT2D eigenvalue weighted by atomic mass is 9.85. The molecule has 92 valence electrons. The summed E-state index contributed by atoms with van der Waals surface area (Å²) < 4.78 is 0. The molecule has 0 saturated heterocycles. The van der Waals surface area contributed by atoms with Crippen LogP contribution in [0.3, 0.4) is 0 Å². The maximum atomic E-state index is 10.9. The molecular formula is C13H18N2O2. The Morgan fingerprint density at radius 1 is 1.53 bits per heavy atom. The van der Waals surface area contributed by atoms with Gasteiger partial charge in [0.1, 0.15) is 5.82 Å². The van der Waals surface area contributed by atoms with Crippen molar-refractivity contribution < 1.29 is 9.90 Å². The molecule has 0 radical (unpaired) electrons. The summed E-state index contributed by atoms with van der Waals surface area (Å²) in [6, 6.07) is 5.17. The molecule has 0 amide bonds. The zero-order valence-electron chi connectivity index (χ0n) is 10.1. The molecule has 1 aromatic rings. The van der Waals surface area contributed by atoms with E-state index in [9.17, 15) is 4.79 Å². The summed E-state index contributed by atoms with van der Waals surface area (Å²) in [5.74, 6) is 0.566. The number of hydrogen-bond donors (Lipinski definition) is 1. The number of rotatable bonds is 5. The van der Waals surface area contributed by atoms with Crippen molar-refractivity contribution in [3.63, 3.8) is 0 Å². The summed E-state index contributed by atoms with van der Waals surface area (Å²) in [4.78, 5) is 17.2. The molecule has 1 aromatic heterocycles. The van der Waals surface area contributed by atoms with Gasteiger partial charge in [-0.3, -0.25) is 0 Å². The Kier molecular flexibility index (Phi) is 3.61. The highest BCUT2D eigenvalue weighted by molar-refractivity contribution is 5.85. The maximum absolute atomic E-state index is 10.9. The van der Waals surface area contributed by atoms with Crippen LogP contribution in [0.15, 0.2) is 18.2 Å². The van der Waals surface area contributed by atoms with Crippen molar-refractivity contribution >= 4 is 11.8 Å². The van der Waals surface area contributed by atoms with Crippen LogP contribution in [0.25, 0.3) is 0 Å². The summed E-state index contributed by atoms with van der Waals surface area (Å²) in [6.45, 7) is 3.94. The minimum Gasteiger partial charge on any atom is -0.477 e. The summed E-state index contributed by atoms with van der Waals surface area (Å²) in [7, 11) is 0. The molecule has 0 bridgehead atoms. The predicted octanol–water partition coefficient (Wildman–Crippen LogP) is 2.41. The van der Waals surface area contributed by atoms with Gasteiger partial charge in [0.15, 0.2) is 5.69 Å². The van der Waals surface area contributed by atoms with E-state index in [4.69, 9.17) is 5.11 Å². The molecule has 4 heteroatoms. The fourth-order valence-corrected chi connectivity index (χ4v) is 2.09. The third-order valence-corrected chi connectivity index (χ3v) is 3.36. The second kappa shape index (κ2) is 5.17. The molecule has 1 aliphatic rings. The van der Waals surface area contributed by atoms with Crippen LogP contribution in [0, 0.1) is 5.92 Å². The van der Waals surface area contributed by atoms with Gasteiger partial charge < -0.3 is 10.0 Å². The zero-order valence-corrected chi connectivity index (χ0v) is 10.1. The number of hydrogen-bond acceptors (Lipinski definition) is 3. The molecule has 1 aliphatic carbocycles. The lowest BCUT2D eigenvalue weighted by molar-refractivity contribution is 0.0690. The molecule has 0 aliphatic heterocycles. The predicted molar refractivity (Wildman–Crippen MR) is 66.4 cm³/mol. The van der Waals surface area contributed by atoms with E-state index < -0.39 is 5.97 Å². The van der Waals surface area contributed by atoms with Crippen LogP contribution in [-0.2, 0) is 0 Å². The molecule has 0 aromatic carbocycles. The highest BCUT2D eigenvalue weighted by Gasteiger charge is 2.21. The summed E-state index contributed by atoms with van der Waals surface area (Å²) in [5, 5.41) is 8.92. The molecule has 0 atom stereocenters. The number of aromatic nitrogens is 1. The number of pyridine rings is 1. The van der Waals surface area contributed by atoms with Crippen molar-refractivity contribution in [1.82, 2.24) is 4.98 Å². The van der Waals surface area contributed by atoms with Gasteiger partial charge in [-0.05, 0) is 37.8 Å². The Morgan fingerprint density at radius 3 is 2.82 bits per heavy atom. The standard InChI is InChI=1S/C13H18N2O2/c1-2-15(9-10-5-3-6-10)12-8-4-7-11(14-12)13(16)17/h4,7-8,10H,2-3,5-6,9H2,1H3,(H,16,17). The number of anilines is 1. The van der Waals surface area contributed by atoms with Crippen LogP contribution in [0.1, 0.15) is 36.7 Å². The Bertz CT molecular complexity index is 402. The molecule has 1 fully saturated rings. The zero-order chi connectivity index (χ0) is 12.3. The first kappa shape index (κ1) is 11.9. The summed E-state index contributed by atoms with van der Waals surface area (Å²) >= 11 is 0. The Hall–Kier alpha value is -1.58. The van der Waals surface area contributed by atoms with Crippen LogP contribution in [-0.4, -0.2) is 29.1 Å². The molecule has 1 saturated carbocycles. The fourth-order valence-electron chi connectivity index (χ4n) is 2.09. The fraction of sp³-hybridized carbons (Fsp3) is 0.538. The number of carboxylic acid groups (broad SMARTS) is 1. The van der Waals surface area contributed by atoms with Crippen molar-refractivity contribution in [2.24, 2.45) is 5.92 Å². The first-order chi connectivity index (χ1) is 8.20. The van der Waals surface area contributed by atoms with E-state index in [0.717, 1.165) is 24.8 Å². The van der Waals surface area contributed by atoms with Gasteiger partial charge in [-0.15, -0.1) is 0 Å². The lowest BCUT2D eigenvalue weighted by Gasteiger charge is -2.32. The largest absolute Gasteiger partial charge is 0.477 e. The molecule has 4 nitrogen and oxygen atoms in total. The van der Waals surface area contributed by atoms with Crippen molar-refractivity contribution in [3.8, 4) is 0 Å². The van der Waals surface area contributed by atoms with E-state index in [0.29, 0.717) is 0 Å². The number of nitrogens with zero attached hydrogens (tertiary/aromatic N) is 2. The summed E-state index contributed by atoms with van der Waals surface area (Å²) in [6.07, 6.45) is 3.90. The SMILES string of the molecule is CCN(CC1CCC1)c1cccc(C(=O)O)n1. The molecule has 2 rings (SSSR count). The van der Waals surface area contributed by atoms with Gasteiger partial charge in [0.25, 0.3) is 0 Å². The minimum atomic E-state index is -0.966. The van der Waals surface area contributed by atoms with Gasteiger partial charge in [0.2, 0.25) is 0 Å². The van der Waals surface area contributed by atoms with Crippen LogP contribution >= 0.6 is 0 Å². The second-order valence-electron chi connectivity index (χ2n) is 4.52. The van der Waals surface area contributed by atoms with Gasteiger partial charge in [0, 0.05) is 13.1 Å². The molecule has 17 heavy (non-hydrogen) atoms. The highest BCUT2D eigenvalue weighted by Crippen LogP contribution is 2.28. The molecule has 0 spiro atoms. The number of carbonyl (C=O) groups is 1. The smallest absolute Gasteiger partial charge is 0.354 e. The van der Waals surface area contributed by atoms with Crippen molar-refractivity contribution in [2.75, 3.05) is 18.0 Å². The van der Waals surface area contributed by atoms with Gasteiger partial charge >= 0.3 is 5.97 Å². The van der Waals surface area contributed by atoms with E-state index in [2.05, 4.69) is 16.8 Å². The Morgan fingerprint density at radius 2 is 2.29 bits per heavy atom. The van der Waals surface area contributed by atoms with Crippen molar-refractivity contribution in [2.45, 2.75) is 26.2 Å². The van der Waals surface area contributed by atoms with Crippen LogP contribution in [0.4, 0.5) is 5.82 Å². The Balaban J connectivity index is 2.11. The maximum Gasteiger partial charge on any atom is 0.354 e. The second-order valence-corrected chi connectivity index (χ2v) is 4.52. The Labute approximate surface area is 101 Å². The minimum absolute atomic E-state index is 0.120. The van der Waals surface area contributed by atoms with Gasteiger partial charge in [-0.1, -0.05) is 12.5 Å². The number of carboxylic acids is 1. The first-order valence-corrected chi connectivity index (χ1v) is 6.16. The van der Waals surface area contributed by atoms with E-state index in [1.165, 1.54) is 25.3 Å². The third kappa shape index (κ3) is 2.75. The van der Waals surface area contributed by atoms with Crippen molar-refractivity contribution in [1.29, 1.82) is 0 Å². The molecule has 1 N–H and O–H groups in total.